The van der Waals surface area contributed by atoms with Crippen molar-refractivity contribution in [2.24, 2.45) is 7.05 Å². The van der Waals surface area contributed by atoms with E-state index in [0.29, 0.717) is 12.2 Å². The van der Waals surface area contributed by atoms with Crippen LogP contribution < -0.4 is 0 Å². The highest BCUT2D eigenvalue weighted by Gasteiger charge is 2.31. The Morgan fingerprint density at radius 2 is 1.95 bits per heavy atom. The van der Waals surface area contributed by atoms with Crippen molar-refractivity contribution in [1.82, 2.24) is 20.2 Å². The fourth-order valence-electron chi connectivity index (χ4n) is 1.90. The number of halogens is 1. The van der Waals surface area contributed by atoms with Crippen LogP contribution in [-0.2, 0) is 18.9 Å². The molecule has 1 N–H and O–H groups in total. The zero-order chi connectivity index (χ0) is 14.0. The molecule has 0 saturated heterocycles. The quantitative estimate of drug-likeness (QED) is 0.902. The molecule has 0 aliphatic rings. The van der Waals surface area contributed by atoms with E-state index in [0.717, 1.165) is 5.56 Å². The molecule has 0 aliphatic heterocycles. The number of aryl methyl sites for hydroxylation is 1. The van der Waals surface area contributed by atoms with E-state index < -0.39 is 11.5 Å². The summed E-state index contributed by atoms with van der Waals surface area (Å²) in [7, 11) is 1.67. The molecule has 1 aromatic carbocycles. The number of benzene rings is 1. The number of tetrazole rings is 1. The first-order valence-electron chi connectivity index (χ1n) is 6.06. The second-order valence-electron chi connectivity index (χ2n) is 5.14. The van der Waals surface area contributed by atoms with Gasteiger partial charge in [0.1, 0.15) is 5.82 Å². The fourth-order valence-corrected chi connectivity index (χ4v) is 1.90. The Morgan fingerprint density at radius 1 is 1.32 bits per heavy atom. The van der Waals surface area contributed by atoms with Crippen LogP contribution in [-0.4, -0.2) is 31.4 Å². The lowest BCUT2D eigenvalue weighted by Gasteiger charge is -2.30. The minimum absolute atomic E-state index is 0.287. The minimum Gasteiger partial charge on any atom is -0.392 e. The maximum absolute atomic E-state index is 12.9. The van der Waals surface area contributed by atoms with Gasteiger partial charge in [0, 0.05) is 11.8 Å². The maximum Gasteiger partial charge on any atom is 0.177 e. The van der Waals surface area contributed by atoms with Gasteiger partial charge in [-0.1, -0.05) is 26.0 Å². The summed E-state index contributed by atoms with van der Waals surface area (Å²) in [6.45, 7) is 3.81. The smallest absolute Gasteiger partial charge is 0.177 e. The third-order valence-corrected chi connectivity index (χ3v) is 3.35. The van der Waals surface area contributed by atoms with E-state index in [1.54, 1.807) is 19.2 Å². The van der Waals surface area contributed by atoms with Crippen molar-refractivity contribution >= 4 is 0 Å². The zero-order valence-corrected chi connectivity index (χ0v) is 11.2. The second kappa shape index (κ2) is 5.05. The Hall–Kier alpha value is -1.82. The largest absolute Gasteiger partial charge is 0.392 e. The van der Waals surface area contributed by atoms with Crippen LogP contribution in [0.5, 0.6) is 0 Å². The molecule has 1 aromatic heterocycles. The van der Waals surface area contributed by atoms with E-state index in [-0.39, 0.29) is 5.82 Å². The average Bonchev–Trinajstić information content (AvgIpc) is 2.75. The van der Waals surface area contributed by atoms with Gasteiger partial charge in [-0.05, 0) is 22.9 Å². The van der Waals surface area contributed by atoms with Crippen LogP contribution in [0.4, 0.5) is 4.39 Å². The summed E-state index contributed by atoms with van der Waals surface area (Å²) in [5, 5.41) is 22.0. The molecule has 5 nitrogen and oxygen atoms in total. The van der Waals surface area contributed by atoms with Gasteiger partial charge in [-0.15, -0.1) is 10.2 Å². The molecule has 0 amide bonds. The molecule has 2 aromatic rings. The SMILES string of the molecule is Cn1nnc(CC(O)C(C)(C)c2ccc(F)cc2)n1. The average molecular weight is 264 g/mol. The Morgan fingerprint density at radius 3 is 2.47 bits per heavy atom. The topological polar surface area (TPSA) is 63.8 Å². The standard InChI is InChI=1S/C13H17FN4O/c1-13(2,9-4-6-10(14)7-5-9)11(19)8-12-15-17-18(3)16-12/h4-7,11,19H,8H2,1-3H3. The summed E-state index contributed by atoms with van der Waals surface area (Å²) in [5.74, 6) is 0.204. The Balaban J connectivity index is 2.16. The summed E-state index contributed by atoms with van der Waals surface area (Å²) in [5.41, 5.74) is 0.345. The summed E-state index contributed by atoms with van der Waals surface area (Å²) < 4.78 is 12.9. The number of hydrogen-bond donors (Lipinski definition) is 1. The first-order chi connectivity index (χ1) is 8.89. The van der Waals surface area contributed by atoms with E-state index in [2.05, 4.69) is 15.4 Å². The number of aliphatic hydroxyl groups excluding tert-OH is 1. The summed E-state index contributed by atoms with van der Waals surface area (Å²) in [4.78, 5) is 1.35. The van der Waals surface area contributed by atoms with Crippen LogP contribution in [0.2, 0.25) is 0 Å². The van der Waals surface area contributed by atoms with Crippen molar-refractivity contribution < 1.29 is 9.50 Å². The number of nitrogens with zero attached hydrogens (tertiary/aromatic N) is 4. The van der Waals surface area contributed by atoms with E-state index in [1.807, 2.05) is 13.8 Å². The minimum atomic E-state index is -0.679. The summed E-state index contributed by atoms with van der Waals surface area (Å²) in [6.07, 6.45) is -0.375. The van der Waals surface area contributed by atoms with Gasteiger partial charge in [0.2, 0.25) is 0 Å². The molecule has 0 spiro atoms. The molecular formula is C13H17FN4O. The molecule has 0 saturated carbocycles. The van der Waals surface area contributed by atoms with Crippen LogP contribution >= 0.6 is 0 Å². The fraction of sp³-hybridized carbons (Fsp3) is 0.462. The van der Waals surface area contributed by atoms with Crippen LogP contribution in [0.25, 0.3) is 0 Å². The molecule has 0 aliphatic carbocycles. The molecular weight excluding hydrogens is 247 g/mol. The van der Waals surface area contributed by atoms with Gasteiger partial charge < -0.3 is 5.11 Å². The van der Waals surface area contributed by atoms with Gasteiger partial charge in [-0.3, -0.25) is 0 Å². The Labute approximate surface area is 111 Å². The van der Waals surface area contributed by atoms with Crippen LogP contribution in [0.3, 0.4) is 0 Å². The van der Waals surface area contributed by atoms with Crippen molar-refractivity contribution in [1.29, 1.82) is 0 Å². The lowest BCUT2D eigenvalue weighted by Crippen LogP contribution is -2.35. The zero-order valence-electron chi connectivity index (χ0n) is 11.2. The molecule has 0 radical (unpaired) electrons. The molecule has 1 unspecified atom stereocenters. The molecule has 2 rings (SSSR count). The van der Waals surface area contributed by atoms with E-state index in [1.165, 1.54) is 16.9 Å². The lowest BCUT2D eigenvalue weighted by molar-refractivity contribution is 0.0979. The summed E-state index contributed by atoms with van der Waals surface area (Å²) >= 11 is 0. The van der Waals surface area contributed by atoms with Crippen molar-refractivity contribution in [3.63, 3.8) is 0 Å². The van der Waals surface area contributed by atoms with Crippen molar-refractivity contribution in [2.75, 3.05) is 0 Å². The first-order valence-corrected chi connectivity index (χ1v) is 6.06. The highest BCUT2D eigenvalue weighted by Crippen LogP contribution is 2.28. The Bertz CT molecular complexity index is 550. The monoisotopic (exact) mass is 264 g/mol. The number of rotatable bonds is 4. The maximum atomic E-state index is 12.9. The molecule has 19 heavy (non-hydrogen) atoms. The highest BCUT2D eigenvalue weighted by molar-refractivity contribution is 5.26. The van der Waals surface area contributed by atoms with E-state index in [9.17, 15) is 9.50 Å². The van der Waals surface area contributed by atoms with Crippen LogP contribution in [0.15, 0.2) is 24.3 Å². The summed E-state index contributed by atoms with van der Waals surface area (Å²) in [6, 6.07) is 6.15. The predicted molar refractivity (Wildman–Crippen MR) is 67.9 cm³/mol. The van der Waals surface area contributed by atoms with Crippen molar-refractivity contribution in [3.8, 4) is 0 Å². The number of aromatic nitrogens is 4. The number of aliphatic hydroxyl groups is 1. The van der Waals surface area contributed by atoms with Gasteiger partial charge in [0.15, 0.2) is 5.82 Å². The molecule has 102 valence electrons. The third kappa shape index (κ3) is 2.96. The van der Waals surface area contributed by atoms with E-state index >= 15 is 0 Å². The van der Waals surface area contributed by atoms with E-state index in [4.69, 9.17) is 0 Å². The molecule has 1 heterocycles. The van der Waals surface area contributed by atoms with Crippen molar-refractivity contribution in [2.45, 2.75) is 31.8 Å². The molecule has 0 fully saturated rings. The van der Waals surface area contributed by atoms with Gasteiger partial charge in [-0.2, -0.15) is 4.80 Å². The first kappa shape index (κ1) is 13.6. The van der Waals surface area contributed by atoms with Crippen LogP contribution in [0.1, 0.15) is 25.2 Å². The van der Waals surface area contributed by atoms with Crippen LogP contribution in [0, 0.1) is 5.82 Å². The van der Waals surface area contributed by atoms with Gasteiger partial charge in [-0.25, -0.2) is 4.39 Å². The predicted octanol–water partition coefficient (Wildman–Crippen LogP) is 1.23. The Kier molecular flexibility index (Phi) is 3.61. The normalized spacial score (nSPS) is 13.5. The number of hydrogen-bond acceptors (Lipinski definition) is 4. The molecule has 6 heteroatoms. The second-order valence-corrected chi connectivity index (χ2v) is 5.14. The molecule has 1 atom stereocenters. The van der Waals surface area contributed by atoms with Crippen molar-refractivity contribution in [3.05, 3.63) is 41.5 Å². The lowest BCUT2D eigenvalue weighted by atomic mass is 9.78. The highest BCUT2D eigenvalue weighted by atomic mass is 19.1. The van der Waals surface area contributed by atoms with Gasteiger partial charge in [0.25, 0.3) is 0 Å². The van der Waals surface area contributed by atoms with Gasteiger partial charge in [0.05, 0.1) is 13.2 Å². The molecule has 0 bridgehead atoms. The third-order valence-electron chi connectivity index (χ3n) is 3.35. The van der Waals surface area contributed by atoms with Gasteiger partial charge >= 0.3 is 0 Å².